The van der Waals surface area contributed by atoms with Crippen molar-refractivity contribution in [1.29, 1.82) is 0 Å². The molecule has 0 unspecified atom stereocenters. The van der Waals surface area contributed by atoms with Gasteiger partial charge in [-0.3, -0.25) is 4.79 Å². The van der Waals surface area contributed by atoms with Crippen LogP contribution in [0.1, 0.15) is 28.8 Å². The summed E-state index contributed by atoms with van der Waals surface area (Å²) in [5.41, 5.74) is 1.47. The van der Waals surface area contributed by atoms with E-state index in [1.54, 1.807) is 12.1 Å². The standard InChI is InChI=1S/C20H17FO7/c1-25-15-3-8(2-12(22)19(15)23)16-9-4-13-14(28-7-27-13)5-10(9)18(21)11-6-26-20(24)17(11)16/h2-5,11,16-18,22-23H,6-7H2,1H3/t11-,16+,17-,18+/m0/s1. The van der Waals surface area contributed by atoms with Crippen LogP contribution in [0.4, 0.5) is 4.39 Å². The van der Waals surface area contributed by atoms with Gasteiger partial charge in [-0.15, -0.1) is 0 Å². The summed E-state index contributed by atoms with van der Waals surface area (Å²) >= 11 is 0. The van der Waals surface area contributed by atoms with Crippen LogP contribution >= 0.6 is 0 Å². The molecular formula is C20H17FO7. The molecule has 1 fully saturated rings. The van der Waals surface area contributed by atoms with Crippen LogP contribution in [0.15, 0.2) is 24.3 Å². The normalized spacial score (nSPS) is 27.1. The summed E-state index contributed by atoms with van der Waals surface area (Å²) in [7, 11) is 1.36. The number of methoxy groups -OCH3 is 1. The van der Waals surface area contributed by atoms with Gasteiger partial charge in [0.05, 0.1) is 19.6 Å². The highest BCUT2D eigenvalue weighted by atomic mass is 19.1. The molecule has 8 heteroatoms. The zero-order chi connectivity index (χ0) is 19.6. The molecule has 0 saturated carbocycles. The van der Waals surface area contributed by atoms with Crippen LogP contribution in [0, 0.1) is 11.8 Å². The lowest BCUT2D eigenvalue weighted by atomic mass is 9.66. The van der Waals surface area contributed by atoms with Crippen molar-refractivity contribution in [2.75, 3.05) is 20.5 Å². The largest absolute Gasteiger partial charge is 0.504 e. The fourth-order valence-corrected chi connectivity index (χ4v) is 4.44. The van der Waals surface area contributed by atoms with Crippen LogP contribution in [0.3, 0.4) is 0 Å². The van der Waals surface area contributed by atoms with Crippen molar-refractivity contribution in [3.8, 4) is 28.7 Å². The summed E-state index contributed by atoms with van der Waals surface area (Å²) in [6, 6.07) is 6.17. The molecule has 0 radical (unpaired) electrons. The average molecular weight is 388 g/mol. The first kappa shape index (κ1) is 17.0. The summed E-state index contributed by atoms with van der Waals surface area (Å²) in [5.74, 6) is -2.33. The van der Waals surface area contributed by atoms with Crippen LogP contribution in [-0.2, 0) is 9.53 Å². The Morgan fingerprint density at radius 1 is 1.07 bits per heavy atom. The number of carbonyl (C=O) groups excluding carboxylic acids is 1. The number of benzene rings is 2. The smallest absolute Gasteiger partial charge is 0.310 e. The highest BCUT2D eigenvalue weighted by molar-refractivity contribution is 5.79. The Bertz CT molecular complexity index is 989. The number of halogens is 1. The fraction of sp³-hybridized carbons (Fsp3) is 0.350. The lowest BCUT2D eigenvalue weighted by molar-refractivity contribution is -0.141. The molecule has 1 saturated heterocycles. The number of carbonyl (C=O) groups is 1. The molecule has 2 aromatic carbocycles. The van der Waals surface area contributed by atoms with E-state index >= 15 is 4.39 Å². The molecular weight excluding hydrogens is 371 g/mol. The van der Waals surface area contributed by atoms with E-state index in [4.69, 9.17) is 18.9 Å². The first-order valence-electron chi connectivity index (χ1n) is 8.83. The van der Waals surface area contributed by atoms with E-state index in [2.05, 4.69) is 0 Å². The van der Waals surface area contributed by atoms with Crippen LogP contribution in [0.25, 0.3) is 0 Å². The quantitative estimate of drug-likeness (QED) is 0.603. The molecule has 0 amide bonds. The molecule has 2 aromatic rings. The highest BCUT2D eigenvalue weighted by Crippen LogP contribution is 2.56. The molecule has 5 rings (SSSR count). The Hall–Kier alpha value is -3.16. The van der Waals surface area contributed by atoms with Gasteiger partial charge in [0, 0.05) is 11.8 Å². The third-order valence-electron chi connectivity index (χ3n) is 5.75. The van der Waals surface area contributed by atoms with Gasteiger partial charge < -0.3 is 29.2 Å². The van der Waals surface area contributed by atoms with Crippen molar-refractivity contribution in [2.45, 2.75) is 12.1 Å². The highest BCUT2D eigenvalue weighted by Gasteiger charge is 2.53. The second-order valence-corrected chi connectivity index (χ2v) is 7.12. The van der Waals surface area contributed by atoms with E-state index in [0.29, 0.717) is 28.2 Å². The summed E-state index contributed by atoms with van der Waals surface area (Å²) in [6.45, 7) is 0.0266. The number of rotatable bonds is 2. The van der Waals surface area contributed by atoms with E-state index in [1.165, 1.54) is 19.2 Å². The molecule has 0 aromatic heterocycles. The molecule has 3 aliphatic rings. The first-order chi connectivity index (χ1) is 13.5. The first-order valence-corrected chi connectivity index (χ1v) is 8.83. The van der Waals surface area contributed by atoms with E-state index in [-0.39, 0.29) is 24.9 Å². The number of aromatic hydroxyl groups is 2. The number of ether oxygens (including phenoxy) is 4. The fourth-order valence-electron chi connectivity index (χ4n) is 4.44. The summed E-state index contributed by atoms with van der Waals surface area (Å²) in [4.78, 5) is 12.5. The van der Waals surface area contributed by atoms with Gasteiger partial charge in [0.2, 0.25) is 12.5 Å². The lowest BCUT2D eigenvalue weighted by Crippen LogP contribution is -2.33. The molecule has 146 valence electrons. The topological polar surface area (TPSA) is 94.5 Å². The number of fused-ring (bicyclic) bond motifs is 3. The number of phenols is 2. The van der Waals surface area contributed by atoms with Crippen molar-refractivity contribution in [2.24, 2.45) is 11.8 Å². The molecule has 28 heavy (non-hydrogen) atoms. The maximum Gasteiger partial charge on any atom is 0.310 e. The number of cyclic esters (lactones) is 1. The van der Waals surface area contributed by atoms with E-state index < -0.39 is 35.6 Å². The minimum atomic E-state index is -1.40. The zero-order valence-electron chi connectivity index (χ0n) is 14.8. The van der Waals surface area contributed by atoms with E-state index in [0.717, 1.165) is 0 Å². The monoisotopic (exact) mass is 388 g/mol. The number of hydrogen-bond acceptors (Lipinski definition) is 7. The summed E-state index contributed by atoms with van der Waals surface area (Å²) in [5, 5.41) is 20.1. The van der Waals surface area contributed by atoms with E-state index in [9.17, 15) is 15.0 Å². The average Bonchev–Trinajstić information content (AvgIpc) is 3.30. The van der Waals surface area contributed by atoms with Gasteiger partial charge in [-0.2, -0.15) is 0 Å². The SMILES string of the molecule is COc1cc([C@@H]2c3cc4c(cc3[C@@H](F)[C@H]3COC(=O)[C@H]23)OCO4)cc(O)c1O. The molecule has 2 aliphatic heterocycles. The number of esters is 1. The maximum atomic E-state index is 15.3. The van der Waals surface area contributed by atoms with Gasteiger partial charge in [0.15, 0.2) is 23.0 Å². The molecule has 0 bridgehead atoms. The lowest BCUT2D eigenvalue weighted by Gasteiger charge is -2.35. The van der Waals surface area contributed by atoms with Crippen LogP contribution in [0.2, 0.25) is 0 Å². The van der Waals surface area contributed by atoms with Crippen LogP contribution in [0.5, 0.6) is 28.7 Å². The molecule has 1 aliphatic carbocycles. The van der Waals surface area contributed by atoms with Gasteiger partial charge in [-0.05, 0) is 41.0 Å². The van der Waals surface area contributed by atoms with E-state index in [1.807, 2.05) is 0 Å². The Morgan fingerprint density at radius 3 is 2.50 bits per heavy atom. The number of hydrogen-bond donors (Lipinski definition) is 2. The van der Waals surface area contributed by atoms with Crippen molar-refractivity contribution in [3.63, 3.8) is 0 Å². The Morgan fingerprint density at radius 2 is 1.79 bits per heavy atom. The molecule has 0 spiro atoms. The van der Waals surface area contributed by atoms with Crippen molar-refractivity contribution in [1.82, 2.24) is 0 Å². The third-order valence-corrected chi connectivity index (χ3v) is 5.75. The molecule has 2 heterocycles. The molecule has 4 atom stereocenters. The Labute approximate surface area is 159 Å². The van der Waals surface area contributed by atoms with Gasteiger partial charge in [0.25, 0.3) is 0 Å². The maximum absolute atomic E-state index is 15.3. The van der Waals surface area contributed by atoms with Crippen molar-refractivity contribution in [3.05, 3.63) is 41.0 Å². The third kappa shape index (κ3) is 2.23. The van der Waals surface area contributed by atoms with Crippen LogP contribution < -0.4 is 14.2 Å². The predicted octanol–water partition coefficient (Wildman–Crippen LogP) is 2.78. The van der Waals surface area contributed by atoms with Gasteiger partial charge in [0.1, 0.15) is 6.17 Å². The Balaban J connectivity index is 1.75. The molecule has 7 nitrogen and oxygen atoms in total. The summed E-state index contributed by atoms with van der Waals surface area (Å²) in [6.07, 6.45) is -1.40. The number of phenolic OH excluding ortho intramolecular Hbond substituents is 2. The predicted molar refractivity (Wildman–Crippen MR) is 92.5 cm³/mol. The Kier molecular flexibility index (Phi) is 3.59. The van der Waals surface area contributed by atoms with Crippen LogP contribution in [-0.4, -0.2) is 36.7 Å². The zero-order valence-corrected chi connectivity index (χ0v) is 14.8. The second-order valence-electron chi connectivity index (χ2n) is 7.12. The molecule has 2 N–H and O–H groups in total. The number of alkyl halides is 1. The minimum absolute atomic E-state index is 0.0176. The van der Waals surface area contributed by atoms with Gasteiger partial charge in [-0.25, -0.2) is 4.39 Å². The van der Waals surface area contributed by atoms with Gasteiger partial charge in [-0.1, -0.05) is 0 Å². The minimum Gasteiger partial charge on any atom is -0.504 e. The summed E-state index contributed by atoms with van der Waals surface area (Å²) < 4.78 is 36.4. The van der Waals surface area contributed by atoms with Gasteiger partial charge >= 0.3 is 5.97 Å². The van der Waals surface area contributed by atoms with Crippen molar-refractivity contribution < 1.29 is 38.3 Å². The van der Waals surface area contributed by atoms with Crippen molar-refractivity contribution >= 4 is 5.97 Å². The second kappa shape index (κ2) is 5.92.